The van der Waals surface area contributed by atoms with E-state index in [1.165, 1.54) is 10.9 Å². The Morgan fingerprint density at radius 2 is 2.03 bits per heavy atom. The molecule has 170 valence electrons. The molecule has 2 aromatic carbocycles. The fraction of sp³-hybridized carbons (Fsp3) is 0.423. The van der Waals surface area contributed by atoms with Crippen molar-refractivity contribution in [2.45, 2.75) is 44.7 Å². The Hall–Kier alpha value is -2.34. The number of carbonyl (C=O) groups excluding carboxylic acids is 1. The summed E-state index contributed by atoms with van der Waals surface area (Å²) in [5.41, 5.74) is 10.5. The summed E-state index contributed by atoms with van der Waals surface area (Å²) in [6.07, 6.45) is 6.55. The maximum absolute atomic E-state index is 13.6. The van der Waals surface area contributed by atoms with Gasteiger partial charge in [-0.1, -0.05) is 35.9 Å². The molecule has 4 rings (SSSR count). The van der Waals surface area contributed by atoms with Crippen molar-refractivity contribution in [2.24, 2.45) is 11.7 Å². The van der Waals surface area contributed by atoms with Crippen LogP contribution in [-0.2, 0) is 28.9 Å². The minimum atomic E-state index is -0.244. The molecule has 1 saturated carbocycles. The van der Waals surface area contributed by atoms with Gasteiger partial charge in [-0.15, -0.1) is 0 Å². The first-order valence-corrected chi connectivity index (χ1v) is 11.8. The van der Waals surface area contributed by atoms with E-state index in [-0.39, 0.29) is 17.9 Å². The first-order valence-electron chi connectivity index (χ1n) is 11.4. The number of nitrogens with one attached hydrogen (secondary N) is 1. The van der Waals surface area contributed by atoms with Gasteiger partial charge >= 0.3 is 0 Å². The second kappa shape index (κ2) is 10.5. The van der Waals surface area contributed by atoms with Gasteiger partial charge in [-0.25, -0.2) is 0 Å². The van der Waals surface area contributed by atoms with Crippen LogP contribution >= 0.6 is 11.6 Å². The Morgan fingerprint density at radius 1 is 1.22 bits per heavy atom. The van der Waals surface area contributed by atoms with Crippen LogP contribution in [0.4, 0.5) is 0 Å². The van der Waals surface area contributed by atoms with E-state index in [2.05, 4.69) is 35.3 Å². The molecule has 0 aliphatic heterocycles. The van der Waals surface area contributed by atoms with E-state index in [0.717, 1.165) is 48.9 Å². The van der Waals surface area contributed by atoms with Crippen molar-refractivity contribution in [2.75, 3.05) is 20.3 Å². The van der Waals surface area contributed by atoms with Crippen molar-refractivity contribution in [3.8, 4) is 0 Å². The number of nitrogens with zero attached hydrogens (tertiary/aromatic N) is 1. The lowest BCUT2D eigenvalue weighted by Gasteiger charge is -2.28. The minimum Gasteiger partial charge on any atom is -0.385 e. The molecule has 1 aliphatic rings. The fourth-order valence-corrected chi connectivity index (χ4v) is 4.47. The average molecular weight is 454 g/mol. The van der Waals surface area contributed by atoms with Crippen molar-refractivity contribution < 1.29 is 9.53 Å². The van der Waals surface area contributed by atoms with Crippen molar-refractivity contribution in [3.63, 3.8) is 0 Å². The van der Waals surface area contributed by atoms with Crippen LogP contribution in [0.25, 0.3) is 10.9 Å². The molecule has 3 N–H and O–H groups in total. The zero-order chi connectivity index (χ0) is 22.5. The molecular formula is C26H32ClN3O2. The third-order valence-corrected chi connectivity index (χ3v) is 6.64. The maximum Gasteiger partial charge on any atom is 0.227 e. The van der Waals surface area contributed by atoms with Gasteiger partial charge in [0.05, 0.1) is 5.92 Å². The molecule has 1 unspecified atom stereocenters. The number of nitrogens with two attached hydrogens (primary N) is 1. The summed E-state index contributed by atoms with van der Waals surface area (Å²) in [5, 5.41) is 1.88. The number of fused-ring (bicyclic) bond motifs is 1. The number of aromatic amines is 1. The van der Waals surface area contributed by atoms with Gasteiger partial charge in [0.15, 0.2) is 0 Å². The summed E-state index contributed by atoms with van der Waals surface area (Å²) >= 11 is 6.53. The van der Waals surface area contributed by atoms with Crippen molar-refractivity contribution in [1.29, 1.82) is 0 Å². The number of ether oxygens (including phenoxy) is 1. The number of aromatic nitrogens is 1. The highest BCUT2D eigenvalue weighted by Gasteiger charge is 2.35. The van der Waals surface area contributed by atoms with Crippen LogP contribution in [0, 0.1) is 5.92 Å². The quantitative estimate of drug-likeness (QED) is 0.413. The number of benzene rings is 2. The van der Waals surface area contributed by atoms with Crippen molar-refractivity contribution in [3.05, 3.63) is 70.4 Å². The summed E-state index contributed by atoms with van der Waals surface area (Å²) in [6, 6.07) is 14.8. The van der Waals surface area contributed by atoms with E-state index < -0.39 is 0 Å². The zero-order valence-corrected chi connectivity index (χ0v) is 19.4. The van der Waals surface area contributed by atoms with Gasteiger partial charge in [-0.05, 0) is 72.4 Å². The largest absolute Gasteiger partial charge is 0.385 e. The van der Waals surface area contributed by atoms with Crippen LogP contribution < -0.4 is 5.73 Å². The van der Waals surface area contributed by atoms with E-state index in [9.17, 15) is 4.79 Å². The Bertz CT molecular complexity index is 1060. The van der Waals surface area contributed by atoms with Gasteiger partial charge in [0.2, 0.25) is 5.91 Å². The molecular weight excluding hydrogens is 422 g/mol. The van der Waals surface area contributed by atoms with Gasteiger partial charge in [0.25, 0.3) is 0 Å². The SMILES string of the molecule is COCCCc1ccc(Cl)c(CN(C(=O)C(CN)Cc2ccc3cc[nH]c3c2)C2CC2)c1. The maximum atomic E-state index is 13.6. The third-order valence-electron chi connectivity index (χ3n) is 6.27. The van der Waals surface area contributed by atoms with Gasteiger partial charge < -0.3 is 20.4 Å². The second-order valence-corrected chi connectivity index (χ2v) is 9.16. The Kier molecular flexibility index (Phi) is 7.51. The second-order valence-electron chi connectivity index (χ2n) is 8.76. The Balaban J connectivity index is 1.48. The van der Waals surface area contributed by atoms with Crippen LogP contribution in [0.1, 0.15) is 36.0 Å². The van der Waals surface area contributed by atoms with Crippen LogP contribution in [0.3, 0.4) is 0 Å². The highest BCUT2D eigenvalue weighted by Crippen LogP contribution is 2.32. The molecule has 3 aromatic rings. The van der Waals surface area contributed by atoms with E-state index in [4.69, 9.17) is 22.1 Å². The van der Waals surface area contributed by atoms with Crippen LogP contribution in [-0.4, -0.2) is 42.1 Å². The van der Waals surface area contributed by atoms with E-state index in [1.807, 2.05) is 23.2 Å². The fourth-order valence-electron chi connectivity index (χ4n) is 4.29. The lowest BCUT2D eigenvalue weighted by molar-refractivity contribution is -0.136. The lowest BCUT2D eigenvalue weighted by atomic mass is 9.96. The molecule has 1 fully saturated rings. The summed E-state index contributed by atoms with van der Waals surface area (Å²) in [7, 11) is 1.72. The smallest absolute Gasteiger partial charge is 0.227 e. The van der Waals surface area contributed by atoms with Gasteiger partial charge in [-0.2, -0.15) is 0 Å². The van der Waals surface area contributed by atoms with Crippen LogP contribution in [0.5, 0.6) is 0 Å². The predicted molar refractivity (Wildman–Crippen MR) is 130 cm³/mol. The third kappa shape index (κ3) is 5.52. The number of rotatable bonds is 11. The summed E-state index contributed by atoms with van der Waals surface area (Å²) in [6.45, 7) is 1.60. The first kappa shape index (κ1) is 22.8. The lowest BCUT2D eigenvalue weighted by Crippen LogP contribution is -2.41. The van der Waals surface area contributed by atoms with Crippen LogP contribution in [0.15, 0.2) is 48.7 Å². The molecule has 1 aromatic heterocycles. The molecule has 1 atom stereocenters. The van der Waals surface area contributed by atoms with Gasteiger partial charge in [-0.3, -0.25) is 4.79 Å². The molecule has 32 heavy (non-hydrogen) atoms. The molecule has 0 radical (unpaired) electrons. The molecule has 1 amide bonds. The zero-order valence-electron chi connectivity index (χ0n) is 18.6. The number of halogens is 1. The molecule has 1 heterocycles. The van der Waals surface area contributed by atoms with E-state index in [0.29, 0.717) is 24.5 Å². The normalized spacial score (nSPS) is 14.6. The number of hydrogen-bond donors (Lipinski definition) is 2. The topological polar surface area (TPSA) is 71.3 Å². The monoisotopic (exact) mass is 453 g/mol. The van der Waals surface area contributed by atoms with Crippen molar-refractivity contribution >= 4 is 28.4 Å². The Labute approximate surface area is 194 Å². The standard InChI is InChI=1S/C26H32ClN3O2/c1-32-12-2-3-18-5-9-24(27)22(13-18)17-30(23-7-8-23)26(31)21(16-28)14-19-4-6-20-10-11-29-25(20)15-19/h4-6,9-11,13,15,21,23,29H,2-3,7-8,12,14,16-17,28H2,1H3. The van der Waals surface area contributed by atoms with Gasteiger partial charge in [0.1, 0.15) is 0 Å². The molecule has 0 bridgehead atoms. The molecule has 0 spiro atoms. The summed E-state index contributed by atoms with van der Waals surface area (Å²) in [5.74, 6) is -0.117. The number of methoxy groups -OCH3 is 1. The van der Waals surface area contributed by atoms with Crippen molar-refractivity contribution in [1.82, 2.24) is 9.88 Å². The molecule has 5 nitrogen and oxygen atoms in total. The molecule has 1 aliphatic carbocycles. The molecule has 0 saturated heterocycles. The summed E-state index contributed by atoms with van der Waals surface area (Å²) < 4.78 is 5.17. The van der Waals surface area contributed by atoms with Gasteiger partial charge in [0, 0.05) is 49.6 Å². The highest BCUT2D eigenvalue weighted by atomic mass is 35.5. The Morgan fingerprint density at radius 3 is 2.78 bits per heavy atom. The number of hydrogen-bond acceptors (Lipinski definition) is 3. The number of H-pyrrole nitrogens is 1. The number of amides is 1. The first-order chi connectivity index (χ1) is 15.6. The predicted octanol–water partition coefficient (Wildman–Crippen LogP) is 4.71. The molecule has 6 heteroatoms. The highest BCUT2D eigenvalue weighted by molar-refractivity contribution is 6.31. The number of aryl methyl sites for hydroxylation is 1. The minimum absolute atomic E-state index is 0.127. The van der Waals surface area contributed by atoms with Crippen LogP contribution in [0.2, 0.25) is 5.02 Å². The van der Waals surface area contributed by atoms with E-state index in [1.54, 1.807) is 7.11 Å². The number of carbonyl (C=O) groups is 1. The summed E-state index contributed by atoms with van der Waals surface area (Å²) in [4.78, 5) is 18.8. The van der Waals surface area contributed by atoms with E-state index >= 15 is 0 Å². The average Bonchev–Trinajstić information content (AvgIpc) is 3.53.